The van der Waals surface area contributed by atoms with Crippen molar-refractivity contribution in [2.45, 2.75) is 19.9 Å². The van der Waals surface area contributed by atoms with E-state index in [0.29, 0.717) is 17.7 Å². The number of likely N-dealkylation sites (N-methyl/N-ethyl adjacent to an activating group) is 1. The van der Waals surface area contributed by atoms with E-state index in [2.05, 4.69) is 5.32 Å². The number of benzene rings is 1. The van der Waals surface area contributed by atoms with Crippen LogP contribution in [0.5, 0.6) is 0 Å². The predicted octanol–water partition coefficient (Wildman–Crippen LogP) is 1.16. The van der Waals surface area contributed by atoms with Gasteiger partial charge in [-0.1, -0.05) is 12.1 Å². The number of aliphatic carboxylic acids is 1. The molecule has 0 unspecified atom stereocenters. The number of nitrogens with one attached hydrogen (secondary N) is 1. The van der Waals surface area contributed by atoms with E-state index in [0.717, 1.165) is 0 Å². The van der Waals surface area contributed by atoms with E-state index in [-0.39, 0.29) is 31.2 Å². The summed E-state index contributed by atoms with van der Waals surface area (Å²) in [7, 11) is 1.67. The number of amides is 1. The maximum Gasteiger partial charge on any atom is 0.304 e. The topological polar surface area (TPSA) is 69.6 Å². The molecule has 0 bridgehead atoms. The highest BCUT2D eigenvalue weighted by atomic mass is 19.1. The quantitative estimate of drug-likeness (QED) is 0.787. The molecular formula is C14H19FN2O3. The number of hydrogen-bond acceptors (Lipinski definition) is 3. The molecule has 0 saturated carbocycles. The summed E-state index contributed by atoms with van der Waals surface area (Å²) in [5.41, 5.74) is 1.25. The van der Waals surface area contributed by atoms with Gasteiger partial charge in [0, 0.05) is 13.1 Å². The third kappa shape index (κ3) is 5.79. The van der Waals surface area contributed by atoms with E-state index in [4.69, 9.17) is 5.11 Å². The lowest BCUT2D eigenvalue weighted by atomic mass is 10.1. The van der Waals surface area contributed by atoms with Crippen LogP contribution in [0.3, 0.4) is 0 Å². The molecule has 110 valence electrons. The molecule has 1 aromatic rings. The van der Waals surface area contributed by atoms with Gasteiger partial charge in [-0.3, -0.25) is 14.5 Å². The lowest BCUT2D eigenvalue weighted by Gasteiger charge is -2.15. The van der Waals surface area contributed by atoms with Crippen molar-refractivity contribution < 1.29 is 19.1 Å². The summed E-state index contributed by atoms with van der Waals surface area (Å²) in [5, 5.41) is 11.2. The lowest BCUT2D eigenvalue weighted by Crippen LogP contribution is -2.35. The van der Waals surface area contributed by atoms with Crippen molar-refractivity contribution >= 4 is 11.9 Å². The van der Waals surface area contributed by atoms with Crippen LogP contribution in [0.4, 0.5) is 4.39 Å². The average Bonchev–Trinajstić information content (AvgIpc) is 2.38. The summed E-state index contributed by atoms with van der Waals surface area (Å²) >= 11 is 0. The number of rotatable bonds is 7. The molecule has 1 amide bonds. The number of aryl methyl sites for hydroxylation is 1. The highest BCUT2D eigenvalue weighted by Crippen LogP contribution is 2.08. The second kappa shape index (κ2) is 7.59. The summed E-state index contributed by atoms with van der Waals surface area (Å²) < 4.78 is 13.3. The minimum absolute atomic E-state index is 0.00699. The first-order valence-corrected chi connectivity index (χ1v) is 6.30. The standard InChI is InChI=1S/C14H19FN2O3/c1-10-3-4-11(7-12(10)15)8-16-13(18)9-17(2)6-5-14(19)20/h3-4,7H,5-6,8-9H2,1-2H3,(H,16,18)(H,19,20). The molecule has 2 N–H and O–H groups in total. The molecule has 0 aliphatic carbocycles. The summed E-state index contributed by atoms with van der Waals surface area (Å²) in [5.74, 6) is -1.42. The second-order valence-corrected chi connectivity index (χ2v) is 4.74. The molecule has 0 heterocycles. The summed E-state index contributed by atoms with van der Waals surface area (Å²) in [6, 6.07) is 4.81. The van der Waals surface area contributed by atoms with Gasteiger partial charge in [-0.05, 0) is 31.2 Å². The van der Waals surface area contributed by atoms with E-state index in [1.165, 1.54) is 6.07 Å². The third-order valence-electron chi connectivity index (χ3n) is 2.85. The zero-order valence-electron chi connectivity index (χ0n) is 11.6. The van der Waals surface area contributed by atoms with Gasteiger partial charge in [0.2, 0.25) is 5.91 Å². The molecule has 0 aliphatic heterocycles. The van der Waals surface area contributed by atoms with E-state index < -0.39 is 5.97 Å². The van der Waals surface area contributed by atoms with Crippen LogP contribution < -0.4 is 5.32 Å². The molecule has 0 aromatic heterocycles. The highest BCUT2D eigenvalue weighted by Gasteiger charge is 2.08. The number of carbonyl (C=O) groups is 2. The fourth-order valence-electron chi connectivity index (χ4n) is 1.61. The molecule has 20 heavy (non-hydrogen) atoms. The van der Waals surface area contributed by atoms with Crippen LogP contribution in [0.2, 0.25) is 0 Å². The molecule has 0 atom stereocenters. The Balaban J connectivity index is 2.35. The van der Waals surface area contributed by atoms with Crippen LogP contribution >= 0.6 is 0 Å². The van der Waals surface area contributed by atoms with E-state index in [9.17, 15) is 14.0 Å². The monoisotopic (exact) mass is 282 g/mol. The van der Waals surface area contributed by atoms with Gasteiger partial charge in [-0.2, -0.15) is 0 Å². The minimum Gasteiger partial charge on any atom is -0.481 e. The normalized spacial score (nSPS) is 10.6. The number of carboxylic acid groups (broad SMARTS) is 1. The number of halogens is 1. The maximum atomic E-state index is 13.3. The fraction of sp³-hybridized carbons (Fsp3) is 0.429. The first kappa shape index (κ1) is 16.1. The minimum atomic E-state index is -0.896. The second-order valence-electron chi connectivity index (χ2n) is 4.74. The first-order valence-electron chi connectivity index (χ1n) is 6.30. The van der Waals surface area contributed by atoms with Crippen LogP contribution in [-0.2, 0) is 16.1 Å². The van der Waals surface area contributed by atoms with Gasteiger partial charge >= 0.3 is 5.97 Å². The summed E-state index contributed by atoms with van der Waals surface area (Å²) in [6.07, 6.45) is -0.00699. The Kier molecular flexibility index (Phi) is 6.11. The molecule has 6 heteroatoms. The van der Waals surface area contributed by atoms with Gasteiger partial charge < -0.3 is 10.4 Å². The van der Waals surface area contributed by atoms with Crippen LogP contribution in [0.1, 0.15) is 17.5 Å². The van der Waals surface area contributed by atoms with Crippen molar-refractivity contribution in [2.24, 2.45) is 0 Å². The van der Waals surface area contributed by atoms with Gasteiger partial charge in [0.1, 0.15) is 5.82 Å². The predicted molar refractivity (Wildman–Crippen MR) is 72.7 cm³/mol. The SMILES string of the molecule is Cc1ccc(CNC(=O)CN(C)CCC(=O)O)cc1F. The Morgan fingerprint density at radius 3 is 2.70 bits per heavy atom. The molecule has 1 rings (SSSR count). The molecule has 0 spiro atoms. The Hall–Kier alpha value is -1.95. The van der Waals surface area contributed by atoms with E-state index in [1.807, 2.05) is 0 Å². The van der Waals surface area contributed by atoms with E-state index >= 15 is 0 Å². The molecular weight excluding hydrogens is 263 g/mol. The van der Waals surface area contributed by atoms with Crippen LogP contribution in [0.25, 0.3) is 0 Å². The van der Waals surface area contributed by atoms with Gasteiger partial charge in [0.05, 0.1) is 13.0 Å². The third-order valence-corrected chi connectivity index (χ3v) is 2.85. The molecule has 1 aromatic carbocycles. The Morgan fingerprint density at radius 2 is 2.10 bits per heavy atom. The van der Waals surface area contributed by atoms with Crippen molar-refractivity contribution in [3.63, 3.8) is 0 Å². The molecule has 0 aliphatic rings. The molecule has 5 nitrogen and oxygen atoms in total. The zero-order valence-corrected chi connectivity index (χ0v) is 11.6. The summed E-state index contributed by atoms with van der Waals surface area (Å²) in [6.45, 7) is 2.35. The van der Waals surface area contributed by atoms with Crippen LogP contribution in [0, 0.1) is 12.7 Å². The first-order chi connectivity index (χ1) is 9.38. The van der Waals surface area contributed by atoms with Crippen LogP contribution in [-0.4, -0.2) is 42.0 Å². The molecule has 0 radical (unpaired) electrons. The van der Waals surface area contributed by atoms with Gasteiger partial charge in [0.15, 0.2) is 0 Å². The number of hydrogen-bond donors (Lipinski definition) is 2. The van der Waals surface area contributed by atoms with Gasteiger partial charge in [0.25, 0.3) is 0 Å². The number of carbonyl (C=O) groups excluding carboxylic acids is 1. The van der Waals surface area contributed by atoms with Crippen LogP contribution in [0.15, 0.2) is 18.2 Å². The maximum absolute atomic E-state index is 13.3. The molecule has 0 fully saturated rings. The average molecular weight is 282 g/mol. The van der Waals surface area contributed by atoms with Crippen molar-refractivity contribution in [3.05, 3.63) is 35.1 Å². The van der Waals surface area contributed by atoms with Crippen molar-refractivity contribution in [1.29, 1.82) is 0 Å². The number of carboxylic acids is 1. The fourth-order valence-corrected chi connectivity index (χ4v) is 1.61. The number of nitrogens with zero attached hydrogens (tertiary/aromatic N) is 1. The Labute approximate surface area is 117 Å². The van der Waals surface area contributed by atoms with E-state index in [1.54, 1.807) is 31.0 Å². The Bertz CT molecular complexity index is 491. The lowest BCUT2D eigenvalue weighted by molar-refractivity contribution is -0.137. The van der Waals surface area contributed by atoms with Crippen molar-refractivity contribution in [2.75, 3.05) is 20.1 Å². The van der Waals surface area contributed by atoms with Crippen molar-refractivity contribution in [3.8, 4) is 0 Å². The molecule has 0 saturated heterocycles. The highest BCUT2D eigenvalue weighted by molar-refractivity contribution is 5.78. The smallest absolute Gasteiger partial charge is 0.304 e. The summed E-state index contributed by atoms with van der Waals surface area (Å²) in [4.78, 5) is 23.7. The van der Waals surface area contributed by atoms with Crippen molar-refractivity contribution in [1.82, 2.24) is 10.2 Å². The van der Waals surface area contributed by atoms with Gasteiger partial charge in [-0.25, -0.2) is 4.39 Å². The van der Waals surface area contributed by atoms with Gasteiger partial charge in [-0.15, -0.1) is 0 Å². The largest absolute Gasteiger partial charge is 0.481 e. The Morgan fingerprint density at radius 1 is 1.40 bits per heavy atom. The zero-order chi connectivity index (χ0) is 15.1.